The first kappa shape index (κ1) is 15.8. The van der Waals surface area contributed by atoms with E-state index in [9.17, 15) is 4.79 Å². The Balaban J connectivity index is 1.86. The van der Waals surface area contributed by atoms with Gasteiger partial charge in [0, 0.05) is 31.9 Å². The molecule has 0 saturated carbocycles. The smallest absolute Gasteiger partial charge is 0.321 e. The van der Waals surface area contributed by atoms with Crippen molar-refractivity contribution in [3.63, 3.8) is 0 Å². The summed E-state index contributed by atoms with van der Waals surface area (Å²) in [5.41, 5.74) is 2.01. The summed E-state index contributed by atoms with van der Waals surface area (Å²) in [5.74, 6) is 0. The molecular formula is C16H25N3O2. The van der Waals surface area contributed by atoms with Gasteiger partial charge in [0.2, 0.25) is 0 Å². The second-order valence-corrected chi connectivity index (χ2v) is 5.58. The Morgan fingerprint density at radius 2 is 2.14 bits per heavy atom. The number of urea groups is 1. The fourth-order valence-corrected chi connectivity index (χ4v) is 2.42. The van der Waals surface area contributed by atoms with Gasteiger partial charge in [0.1, 0.15) is 0 Å². The van der Waals surface area contributed by atoms with E-state index in [1.54, 1.807) is 11.9 Å². The first-order valence-electron chi connectivity index (χ1n) is 7.51. The maximum Gasteiger partial charge on any atom is 0.321 e. The lowest BCUT2D eigenvalue weighted by Gasteiger charge is -2.21. The van der Waals surface area contributed by atoms with Crippen LogP contribution >= 0.6 is 0 Å². The second-order valence-electron chi connectivity index (χ2n) is 5.58. The summed E-state index contributed by atoms with van der Waals surface area (Å²) in [5, 5.41) is 6.10. The van der Waals surface area contributed by atoms with Crippen LogP contribution in [0.25, 0.3) is 0 Å². The SMILES string of the molecule is CNC(C)c1ccc(NC(=O)N(C)CC2CCCO2)cc1. The van der Waals surface area contributed by atoms with Crippen molar-refractivity contribution < 1.29 is 9.53 Å². The fraction of sp³-hybridized carbons (Fsp3) is 0.562. The minimum Gasteiger partial charge on any atom is -0.376 e. The molecule has 1 aliphatic rings. The number of amides is 2. The monoisotopic (exact) mass is 291 g/mol. The van der Waals surface area contributed by atoms with Crippen LogP contribution in [0.4, 0.5) is 10.5 Å². The Morgan fingerprint density at radius 3 is 2.71 bits per heavy atom. The molecule has 1 aromatic rings. The van der Waals surface area contributed by atoms with Crippen molar-refractivity contribution >= 4 is 11.7 Å². The topological polar surface area (TPSA) is 53.6 Å². The quantitative estimate of drug-likeness (QED) is 0.877. The number of hydrogen-bond donors (Lipinski definition) is 2. The number of rotatable bonds is 5. The lowest BCUT2D eigenvalue weighted by Crippen LogP contribution is -2.37. The van der Waals surface area contributed by atoms with E-state index in [0.29, 0.717) is 12.6 Å². The first-order valence-corrected chi connectivity index (χ1v) is 7.51. The zero-order valence-electron chi connectivity index (χ0n) is 13.1. The molecule has 116 valence electrons. The molecule has 0 radical (unpaired) electrons. The van der Waals surface area contributed by atoms with Crippen LogP contribution in [0.1, 0.15) is 31.4 Å². The predicted molar refractivity (Wildman–Crippen MR) is 84.5 cm³/mol. The molecule has 1 aliphatic heterocycles. The third kappa shape index (κ3) is 4.44. The Labute approximate surface area is 126 Å². The van der Waals surface area contributed by atoms with E-state index < -0.39 is 0 Å². The van der Waals surface area contributed by atoms with E-state index in [0.717, 1.165) is 25.1 Å². The molecule has 0 aliphatic carbocycles. The molecule has 0 bridgehead atoms. The van der Waals surface area contributed by atoms with Crippen molar-refractivity contribution in [3.05, 3.63) is 29.8 Å². The van der Waals surface area contributed by atoms with Gasteiger partial charge in [-0.3, -0.25) is 0 Å². The molecule has 21 heavy (non-hydrogen) atoms. The van der Waals surface area contributed by atoms with Crippen LogP contribution in [-0.2, 0) is 4.74 Å². The maximum absolute atomic E-state index is 12.1. The van der Waals surface area contributed by atoms with Crippen molar-refractivity contribution in [1.29, 1.82) is 0 Å². The number of ether oxygens (including phenoxy) is 1. The summed E-state index contributed by atoms with van der Waals surface area (Å²) in [6, 6.07) is 8.12. The molecule has 0 aromatic heterocycles. The van der Waals surface area contributed by atoms with Crippen molar-refractivity contribution in [1.82, 2.24) is 10.2 Å². The van der Waals surface area contributed by atoms with Gasteiger partial charge in [-0.1, -0.05) is 12.1 Å². The van der Waals surface area contributed by atoms with E-state index >= 15 is 0 Å². The van der Waals surface area contributed by atoms with E-state index in [2.05, 4.69) is 17.6 Å². The molecule has 1 fully saturated rings. The number of benzene rings is 1. The third-order valence-corrected chi connectivity index (χ3v) is 3.94. The van der Waals surface area contributed by atoms with Gasteiger partial charge < -0.3 is 20.3 Å². The van der Waals surface area contributed by atoms with Crippen LogP contribution in [0, 0.1) is 0 Å². The Morgan fingerprint density at radius 1 is 1.43 bits per heavy atom. The highest BCUT2D eigenvalue weighted by atomic mass is 16.5. The van der Waals surface area contributed by atoms with Crippen molar-refractivity contribution in [2.45, 2.75) is 31.9 Å². The van der Waals surface area contributed by atoms with Crippen molar-refractivity contribution in [2.24, 2.45) is 0 Å². The lowest BCUT2D eigenvalue weighted by atomic mass is 10.1. The van der Waals surface area contributed by atoms with Gasteiger partial charge in [0.25, 0.3) is 0 Å². The van der Waals surface area contributed by atoms with E-state index in [1.165, 1.54) is 5.56 Å². The average molecular weight is 291 g/mol. The predicted octanol–water partition coefficient (Wildman–Crippen LogP) is 2.61. The first-order chi connectivity index (χ1) is 10.1. The summed E-state index contributed by atoms with van der Waals surface area (Å²) in [4.78, 5) is 13.8. The third-order valence-electron chi connectivity index (χ3n) is 3.94. The molecule has 1 saturated heterocycles. The number of nitrogens with one attached hydrogen (secondary N) is 2. The molecule has 2 rings (SSSR count). The zero-order valence-corrected chi connectivity index (χ0v) is 13.1. The average Bonchev–Trinajstić information content (AvgIpc) is 3.00. The van der Waals surface area contributed by atoms with Gasteiger partial charge in [-0.05, 0) is 44.5 Å². The van der Waals surface area contributed by atoms with Crippen LogP contribution < -0.4 is 10.6 Å². The highest BCUT2D eigenvalue weighted by molar-refractivity contribution is 5.89. The number of nitrogens with zero attached hydrogens (tertiary/aromatic N) is 1. The van der Waals surface area contributed by atoms with E-state index in [-0.39, 0.29) is 12.1 Å². The standard InChI is InChI=1S/C16H25N3O2/c1-12(17-2)13-6-8-14(9-7-13)18-16(20)19(3)11-15-5-4-10-21-15/h6-9,12,15,17H,4-5,10-11H2,1-3H3,(H,18,20). The van der Waals surface area contributed by atoms with Gasteiger partial charge >= 0.3 is 6.03 Å². The number of carbonyl (C=O) groups excluding carboxylic acids is 1. The zero-order chi connectivity index (χ0) is 15.2. The second kappa shape index (κ2) is 7.43. The molecule has 2 atom stereocenters. The molecule has 1 aromatic carbocycles. The number of likely N-dealkylation sites (N-methyl/N-ethyl adjacent to an activating group) is 1. The van der Waals surface area contributed by atoms with Crippen LogP contribution in [-0.4, -0.2) is 44.3 Å². The molecule has 1 heterocycles. The molecule has 0 spiro atoms. The van der Waals surface area contributed by atoms with Gasteiger partial charge in [0.05, 0.1) is 6.10 Å². The fourth-order valence-electron chi connectivity index (χ4n) is 2.42. The Bertz CT molecular complexity index is 455. The van der Waals surface area contributed by atoms with Crippen LogP contribution in [0.5, 0.6) is 0 Å². The van der Waals surface area contributed by atoms with Gasteiger partial charge in [0.15, 0.2) is 0 Å². The molecule has 5 nitrogen and oxygen atoms in total. The van der Waals surface area contributed by atoms with Gasteiger partial charge in [-0.15, -0.1) is 0 Å². The summed E-state index contributed by atoms with van der Waals surface area (Å²) >= 11 is 0. The van der Waals surface area contributed by atoms with Gasteiger partial charge in [-0.25, -0.2) is 4.79 Å². The molecular weight excluding hydrogens is 266 g/mol. The minimum absolute atomic E-state index is 0.0973. The Hall–Kier alpha value is -1.59. The summed E-state index contributed by atoms with van der Waals surface area (Å²) in [7, 11) is 3.73. The summed E-state index contributed by atoms with van der Waals surface area (Å²) < 4.78 is 5.55. The van der Waals surface area contributed by atoms with Crippen molar-refractivity contribution in [2.75, 3.05) is 32.6 Å². The number of anilines is 1. The van der Waals surface area contributed by atoms with Crippen LogP contribution in [0.2, 0.25) is 0 Å². The van der Waals surface area contributed by atoms with Gasteiger partial charge in [-0.2, -0.15) is 0 Å². The Kier molecular flexibility index (Phi) is 5.59. The summed E-state index contributed by atoms with van der Waals surface area (Å²) in [6.07, 6.45) is 2.30. The molecule has 2 N–H and O–H groups in total. The van der Waals surface area contributed by atoms with E-state index in [4.69, 9.17) is 4.74 Å². The van der Waals surface area contributed by atoms with Crippen molar-refractivity contribution in [3.8, 4) is 0 Å². The number of hydrogen-bond acceptors (Lipinski definition) is 3. The molecule has 2 amide bonds. The molecule has 2 unspecified atom stereocenters. The highest BCUT2D eigenvalue weighted by Crippen LogP contribution is 2.17. The minimum atomic E-state index is -0.0973. The van der Waals surface area contributed by atoms with Crippen LogP contribution in [0.15, 0.2) is 24.3 Å². The van der Waals surface area contributed by atoms with E-state index in [1.807, 2.05) is 31.3 Å². The lowest BCUT2D eigenvalue weighted by molar-refractivity contribution is 0.0894. The maximum atomic E-state index is 12.1. The largest absolute Gasteiger partial charge is 0.376 e. The summed E-state index contributed by atoms with van der Waals surface area (Å²) in [6.45, 7) is 3.55. The molecule has 5 heteroatoms. The van der Waals surface area contributed by atoms with Crippen LogP contribution in [0.3, 0.4) is 0 Å². The number of carbonyl (C=O) groups is 1. The normalized spacial score (nSPS) is 19.3. The highest BCUT2D eigenvalue weighted by Gasteiger charge is 2.20.